The summed E-state index contributed by atoms with van der Waals surface area (Å²) in [4.78, 5) is 21.1. The molecule has 0 bridgehead atoms. The van der Waals surface area contributed by atoms with Crippen LogP contribution in [0.1, 0.15) is 5.56 Å². The third-order valence-electron chi connectivity index (χ3n) is 1.79. The molecule has 76 valence electrons. The molecule has 0 atom stereocenters. The second-order valence-electron chi connectivity index (χ2n) is 2.83. The van der Waals surface area contributed by atoms with Crippen LogP contribution in [0, 0.1) is 17.0 Å². The van der Waals surface area contributed by atoms with E-state index in [-0.39, 0.29) is 17.8 Å². The zero-order chi connectivity index (χ0) is 10.7. The monoisotopic (exact) mass is 200 g/mol. The number of rotatable bonds is 3. The van der Waals surface area contributed by atoms with Crippen LogP contribution in [0.3, 0.4) is 0 Å². The van der Waals surface area contributed by atoms with E-state index in [2.05, 4.69) is 0 Å². The van der Waals surface area contributed by atoms with Gasteiger partial charge in [0, 0.05) is 11.6 Å². The lowest BCUT2D eigenvalue weighted by molar-refractivity contribution is -0.385. The van der Waals surface area contributed by atoms with E-state index in [0.29, 0.717) is 0 Å². The van der Waals surface area contributed by atoms with Crippen molar-refractivity contribution in [2.24, 2.45) is 0 Å². The molecule has 0 N–H and O–H groups in total. The van der Waals surface area contributed by atoms with Crippen molar-refractivity contribution in [3.05, 3.63) is 38.3 Å². The van der Waals surface area contributed by atoms with Crippen molar-refractivity contribution in [1.82, 2.24) is 4.57 Å². The molecular formula is C8H9FN2O3. The Labute approximate surface area is 78.9 Å². The highest BCUT2D eigenvalue weighted by Crippen LogP contribution is 2.09. The summed E-state index contributed by atoms with van der Waals surface area (Å²) in [7, 11) is 0. The Hall–Kier alpha value is -1.72. The Balaban J connectivity index is 3.28. The molecule has 0 unspecified atom stereocenters. The Bertz CT molecular complexity index is 414. The van der Waals surface area contributed by atoms with E-state index in [1.54, 1.807) is 0 Å². The van der Waals surface area contributed by atoms with E-state index in [9.17, 15) is 19.3 Å². The van der Waals surface area contributed by atoms with Crippen LogP contribution in [0.25, 0.3) is 0 Å². The van der Waals surface area contributed by atoms with Crippen LogP contribution in [0.4, 0.5) is 10.1 Å². The zero-order valence-electron chi connectivity index (χ0n) is 7.57. The van der Waals surface area contributed by atoms with Crippen LogP contribution in [-0.2, 0) is 6.54 Å². The van der Waals surface area contributed by atoms with E-state index in [1.165, 1.54) is 13.0 Å². The van der Waals surface area contributed by atoms with Gasteiger partial charge in [0.1, 0.15) is 6.67 Å². The quantitative estimate of drug-likeness (QED) is 0.540. The molecule has 0 aliphatic heterocycles. The first-order chi connectivity index (χ1) is 6.56. The third-order valence-corrected chi connectivity index (χ3v) is 1.79. The van der Waals surface area contributed by atoms with E-state index < -0.39 is 17.2 Å². The number of hydrogen-bond donors (Lipinski definition) is 0. The van der Waals surface area contributed by atoms with Crippen LogP contribution < -0.4 is 5.56 Å². The number of aryl methyl sites for hydroxylation is 2. The summed E-state index contributed by atoms with van der Waals surface area (Å²) in [5.41, 5.74) is -0.351. The molecule has 1 rings (SSSR count). The second kappa shape index (κ2) is 3.99. The first kappa shape index (κ1) is 10.4. The Morgan fingerprint density at radius 1 is 1.64 bits per heavy atom. The van der Waals surface area contributed by atoms with Crippen molar-refractivity contribution in [2.75, 3.05) is 6.67 Å². The van der Waals surface area contributed by atoms with Gasteiger partial charge in [0.2, 0.25) is 0 Å². The van der Waals surface area contributed by atoms with Crippen molar-refractivity contribution in [2.45, 2.75) is 13.5 Å². The molecule has 0 aliphatic carbocycles. The molecule has 0 aliphatic rings. The van der Waals surface area contributed by atoms with Gasteiger partial charge >= 0.3 is 0 Å². The molecule has 1 heterocycles. The number of nitrogens with zero attached hydrogens (tertiary/aromatic N) is 2. The normalized spacial score (nSPS) is 10.1. The first-order valence-corrected chi connectivity index (χ1v) is 3.97. The highest BCUT2D eigenvalue weighted by molar-refractivity contribution is 5.30. The van der Waals surface area contributed by atoms with E-state index in [1.807, 2.05) is 0 Å². The summed E-state index contributed by atoms with van der Waals surface area (Å²) in [6.07, 6.45) is 1.05. The standard InChI is InChI=1S/C8H9FN2O3/c1-6-4-7(11(13)14)5-10(3-2-9)8(6)12/h4-5H,2-3H2,1H3. The molecular weight excluding hydrogens is 191 g/mol. The molecule has 1 aromatic rings. The minimum Gasteiger partial charge on any atom is -0.306 e. The molecule has 1 aromatic heterocycles. The van der Waals surface area contributed by atoms with Gasteiger partial charge in [-0.1, -0.05) is 0 Å². The Morgan fingerprint density at radius 3 is 2.79 bits per heavy atom. The minimum absolute atomic E-state index is 0.151. The average molecular weight is 200 g/mol. The predicted molar refractivity (Wildman–Crippen MR) is 48.1 cm³/mol. The summed E-state index contributed by atoms with van der Waals surface area (Å²) < 4.78 is 13.0. The maximum Gasteiger partial charge on any atom is 0.286 e. The van der Waals surface area contributed by atoms with Crippen molar-refractivity contribution in [1.29, 1.82) is 0 Å². The van der Waals surface area contributed by atoms with Crippen molar-refractivity contribution < 1.29 is 9.31 Å². The fraction of sp³-hybridized carbons (Fsp3) is 0.375. The third kappa shape index (κ3) is 1.95. The van der Waals surface area contributed by atoms with Gasteiger partial charge in [-0.15, -0.1) is 0 Å². The number of nitro groups is 1. The summed E-state index contributed by atoms with van der Waals surface area (Å²) >= 11 is 0. The van der Waals surface area contributed by atoms with Gasteiger partial charge in [-0.25, -0.2) is 4.39 Å². The lowest BCUT2D eigenvalue weighted by Gasteiger charge is -2.03. The molecule has 0 amide bonds. The number of aromatic nitrogens is 1. The predicted octanol–water partition coefficient (Wildman–Crippen LogP) is 1.03. The summed E-state index contributed by atoms with van der Waals surface area (Å²) in [6, 6.07) is 1.18. The van der Waals surface area contributed by atoms with Gasteiger partial charge in [-0.2, -0.15) is 0 Å². The maximum absolute atomic E-state index is 12.0. The molecule has 0 aromatic carbocycles. The highest BCUT2D eigenvalue weighted by Gasteiger charge is 2.10. The van der Waals surface area contributed by atoms with Gasteiger partial charge in [0.25, 0.3) is 11.2 Å². The van der Waals surface area contributed by atoms with Crippen molar-refractivity contribution >= 4 is 5.69 Å². The van der Waals surface area contributed by atoms with E-state index in [0.717, 1.165) is 10.8 Å². The molecule has 0 radical (unpaired) electrons. The fourth-order valence-electron chi connectivity index (χ4n) is 1.12. The summed E-state index contributed by atoms with van der Waals surface area (Å²) in [5, 5.41) is 10.4. The Morgan fingerprint density at radius 2 is 2.29 bits per heavy atom. The molecule has 0 saturated heterocycles. The van der Waals surface area contributed by atoms with Crippen molar-refractivity contribution in [3.8, 4) is 0 Å². The van der Waals surface area contributed by atoms with Crippen LogP contribution in [0.5, 0.6) is 0 Å². The number of hydrogen-bond acceptors (Lipinski definition) is 3. The maximum atomic E-state index is 12.0. The van der Waals surface area contributed by atoms with Crippen molar-refractivity contribution in [3.63, 3.8) is 0 Å². The van der Waals surface area contributed by atoms with Gasteiger partial charge in [0.05, 0.1) is 17.7 Å². The number of alkyl halides is 1. The minimum atomic E-state index is -0.722. The van der Waals surface area contributed by atoms with Gasteiger partial charge in [-0.05, 0) is 6.92 Å². The SMILES string of the molecule is Cc1cc([N+](=O)[O-])cn(CCF)c1=O. The topological polar surface area (TPSA) is 65.1 Å². The van der Waals surface area contributed by atoms with E-state index >= 15 is 0 Å². The van der Waals surface area contributed by atoms with Gasteiger partial charge < -0.3 is 4.57 Å². The fourth-order valence-corrected chi connectivity index (χ4v) is 1.12. The smallest absolute Gasteiger partial charge is 0.286 e. The summed E-state index contributed by atoms with van der Waals surface area (Å²) in [6.45, 7) is 0.589. The zero-order valence-corrected chi connectivity index (χ0v) is 7.57. The average Bonchev–Trinajstić information content (AvgIpc) is 2.12. The van der Waals surface area contributed by atoms with Crippen LogP contribution >= 0.6 is 0 Å². The van der Waals surface area contributed by atoms with Crippen LogP contribution in [0.2, 0.25) is 0 Å². The molecule has 0 spiro atoms. The second-order valence-corrected chi connectivity index (χ2v) is 2.83. The molecule has 0 saturated carbocycles. The van der Waals surface area contributed by atoms with Crippen LogP contribution in [-0.4, -0.2) is 16.2 Å². The lowest BCUT2D eigenvalue weighted by atomic mass is 10.3. The molecule has 0 fully saturated rings. The Kier molecular flexibility index (Phi) is 2.95. The molecule has 5 nitrogen and oxygen atoms in total. The van der Waals surface area contributed by atoms with Gasteiger partial charge in [0.15, 0.2) is 0 Å². The molecule has 14 heavy (non-hydrogen) atoms. The molecule has 6 heteroatoms. The number of halogens is 1. The first-order valence-electron chi connectivity index (χ1n) is 3.97. The largest absolute Gasteiger partial charge is 0.306 e. The summed E-state index contributed by atoms with van der Waals surface area (Å²) in [5.74, 6) is 0. The van der Waals surface area contributed by atoms with E-state index in [4.69, 9.17) is 0 Å². The number of pyridine rings is 1. The highest BCUT2D eigenvalue weighted by atomic mass is 19.1. The lowest BCUT2D eigenvalue weighted by Crippen LogP contribution is -2.22. The van der Waals surface area contributed by atoms with Gasteiger partial charge in [-0.3, -0.25) is 14.9 Å². The van der Waals surface area contributed by atoms with Crippen LogP contribution in [0.15, 0.2) is 17.1 Å².